The Morgan fingerprint density at radius 1 is 0.703 bits per heavy atom. The summed E-state index contributed by atoms with van der Waals surface area (Å²) in [5, 5.41) is 110. The van der Waals surface area contributed by atoms with Crippen LogP contribution in [0.25, 0.3) is 0 Å². The van der Waals surface area contributed by atoms with Gasteiger partial charge in [0.1, 0.15) is 61.0 Å². The Labute approximate surface area is 376 Å². The molecule has 17 nitrogen and oxygen atoms in total. The highest BCUT2D eigenvalue weighted by molar-refractivity contribution is 5.36. The second-order valence-electron chi connectivity index (χ2n) is 22.7. The summed E-state index contributed by atoms with van der Waals surface area (Å²) in [6.45, 7) is 14.7. The first-order chi connectivity index (χ1) is 30.1. The molecule has 8 fully saturated rings. The molecule has 4 heterocycles. The zero-order chi connectivity index (χ0) is 46.3. The summed E-state index contributed by atoms with van der Waals surface area (Å²) in [6, 6.07) is 0. The molecule has 4 saturated carbocycles. The summed E-state index contributed by atoms with van der Waals surface area (Å²) in [4.78, 5) is 0. The molecule has 2 bridgehead atoms. The average Bonchev–Trinajstić information content (AvgIpc) is 3.57. The molecular weight excluding hydrogens is 836 g/mol. The number of allylic oxidation sites excluding steroid dienone is 1. The minimum absolute atomic E-state index is 0.0389. The van der Waals surface area contributed by atoms with Gasteiger partial charge in [-0.2, -0.15) is 0 Å². The van der Waals surface area contributed by atoms with E-state index in [9.17, 15) is 51.1 Å². The van der Waals surface area contributed by atoms with Crippen LogP contribution in [0.4, 0.5) is 0 Å². The van der Waals surface area contributed by atoms with E-state index >= 15 is 0 Å². The topological polar surface area (TPSA) is 267 Å². The van der Waals surface area contributed by atoms with E-state index in [0.29, 0.717) is 31.3 Å². The van der Waals surface area contributed by atoms with Crippen molar-refractivity contribution in [3.8, 4) is 0 Å². The minimum atomic E-state index is -1.81. The molecule has 366 valence electrons. The Morgan fingerprint density at radius 2 is 1.38 bits per heavy atom. The number of aliphatic hydroxyl groups is 10. The normalized spacial score (nSPS) is 60.5. The lowest BCUT2D eigenvalue weighted by atomic mass is 9.31. The lowest BCUT2D eigenvalue weighted by Crippen LogP contribution is -2.73. The van der Waals surface area contributed by atoms with Crippen molar-refractivity contribution in [3.05, 3.63) is 12.2 Å². The van der Waals surface area contributed by atoms with Crippen LogP contribution >= 0.6 is 0 Å². The third kappa shape index (κ3) is 6.57. The predicted octanol–water partition coefficient (Wildman–Crippen LogP) is 0.0961. The standard InChI is InChI=1S/C47H76O17/c1-21-8-14-46-20-59-47(38(46)22(21)2)15-10-27-42(4)12-11-29(43(5,19-49)26(42)9-13-44(27,6)45(47,7)16-28(46)51)62-40-36(33(55)30(52)23(3)60-40)64-41-37(34(56)32(54)25(17-48)61-41)63-39-35(57)31(53)24(50)18-58-39/h10,15,21-41,48-57H,8-9,11-14,16-20H2,1-7H3/t21-,22?,23-,24-,25-,26?,27?,28-,29+,30+,31+,32-,33+,34+,35-,36-,37-,38?,39+,40+,41+,42+,43+,44-,45+,46?,47?/m1/s1. The number of hydrogen-bond acceptors (Lipinski definition) is 17. The number of aliphatic hydroxyl groups excluding tert-OH is 10. The molecule has 0 aromatic rings. The van der Waals surface area contributed by atoms with Gasteiger partial charge in [0.05, 0.1) is 50.3 Å². The van der Waals surface area contributed by atoms with Gasteiger partial charge in [-0.05, 0) is 86.4 Å². The molecule has 27 atom stereocenters. The van der Waals surface area contributed by atoms with E-state index in [4.69, 9.17) is 33.2 Å². The first-order valence-electron chi connectivity index (χ1n) is 24.0. The van der Waals surface area contributed by atoms with Crippen LogP contribution in [0, 0.1) is 56.7 Å². The Morgan fingerprint density at radius 3 is 2.06 bits per heavy atom. The van der Waals surface area contributed by atoms with E-state index in [1.165, 1.54) is 0 Å². The van der Waals surface area contributed by atoms with Gasteiger partial charge in [-0.3, -0.25) is 0 Å². The fraction of sp³-hybridized carbons (Fsp3) is 0.957. The van der Waals surface area contributed by atoms with Crippen molar-refractivity contribution >= 4 is 0 Å². The molecule has 0 aromatic carbocycles. The Kier molecular flexibility index (Phi) is 12.5. The lowest BCUT2D eigenvalue weighted by molar-refractivity contribution is -0.394. The zero-order valence-corrected chi connectivity index (χ0v) is 38.4. The van der Waals surface area contributed by atoms with Crippen LogP contribution in [0.3, 0.4) is 0 Å². The Balaban J connectivity index is 0.992. The molecule has 64 heavy (non-hydrogen) atoms. The van der Waals surface area contributed by atoms with Gasteiger partial charge >= 0.3 is 0 Å². The summed E-state index contributed by atoms with van der Waals surface area (Å²) < 4.78 is 43.8. The summed E-state index contributed by atoms with van der Waals surface area (Å²) in [6.07, 6.45) is -12.4. The highest BCUT2D eigenvalue weighted by Gasteiger charge is 2.79. The molecule has 10 N–H and O–H groups in total. The summed E-state index contributed by atoms with van der Waals surface area (Å²) in [5.41, 5.74) is -2.46. The lowest BCUT2D eigenvalue weighted by Gasteiger charge is -2.73. The van der Waals surface area contributed by atoms with Crippen molar-refractivity contribution < 1.29 is 84.2 Å². The van der Waals surface area contributed by atoms with Crippen molar-refractivity contribution in [3.63, 3.8) is 0 Å². The molecule has 17 heteroatoms. The largest absolute Gasteiger partial charge is 0.396 e. The first-order valence-corrected chi connectivity index (χ1v) is 24.0. The monoisotopic (exact) mass is 913 g/mol. The van der Waals surface area contributed by atoms with Crippen molar-refractivity contribution in [2.75, 3.05) is 26.4 Å². The van der Waals surface area contributed by atoms with E-state index in [1.807, 2.05) is 6.92 Å². The van der Waals surface area contributed by atoms with Crippen LogP contribution in [0.15, 0.2) is 12.2 Å². The van der Waals surface area contributed by atoms with Gasteiger partial charge < -0.3 is 84.2 Å². The van der Waals surface area contributed by atoms with E-state index in [2.05, 4.69) is 46.8 Å². The number of fused-ring (bicyclic) bond motifs is 4. The molecule has 6 unspecified atom stereocenters. The van der Waals surface area contributed by atoms with E-state index in [0.717, 1.165) is 32.1 Å². The maximum atomic E-state index is 12.3. The minimum Gasteiger partial charge on any atom is -0.396 e. The number of hydrogen-bond donors (Lipinski definition) is 10. The van der Waals surface area contributed by atoms with Crippen LogP contribution in [0.2, 0.25) is 0 Å². The third-order valence-electron chi connectivity index (χ3n) is 20.0. The van der Waals surface area contributed by atoms with Gasteiger partial charge in [-0.25, -0.2) is 0 Å². The summed E-state index contributed by atoms with van der Waals surface area (Å²) in [5.74, 6) is 1.19. The van der Waals surface area contributed by atoms with Gasteiger partial charge in [0.25, 0.3) is 0 Å². The maximum absolute atomic E-state index is 12.3. The molecule has 5 aliphatic carbocycles. The molecule has 0 amide bonds. The van der Waals surface area contributed by atoms with Crippen molar-refractivity contribution in [2.45, 2.75) is 197 Å². The van der Waals surface area contributed by atoms with Crippen LogP contribution in [-0.2, 0) is 33.2 Å². The highest BCUT2D eigenvalue weighted by atomic mass is 16.8. The predicted molar refractivity (Wildman–Crippen MR) is 223 cm³/mol. The van der Waals surface area contributed by atoms with Crippen molar-refractivity contribution in [2.24, 2.45) is 56.7 Å². The summed E-state index contributed by atoms with van der Waals surface area (Å²) in [7, 11) is 0. The Bertz CT molecular complexity index is 1740. The first kappa shape index (κ1) is 48.1. The van der Waals surface area contributed by atoms with Crippen LogP contribution < -0.4 is 0 Å². The zero-order valence-electron chi connectivity index (χ0n) is 38.4. The van der Waals surface area contributed by atoms with Crippen LogP contribution in [0.5, 0.6) is 0 Å². The molecule has 9 aliphatic rings. The number of rotatable bonds is 8. The van der Waals surface area contributed by atoms with Gasteiger partial charge in [0, 0.05) is 22.2 Å². The van der Waals surface area contributed by atoms with E-state index < -0.39 is 122 Å². The van der Waals surface area contributed by atoms with Gasteiger partial charge in [-0.15, -0.1) is 0 Å². The molecule has 0 aromatic heterocycles. The fourth-order valence-electron chi connectivity index (χ4n) is 15.8. The second-order valence-corrected chi connectivity index (χ2v) is 22.7. The smallest absolute Gasteiger partial charge is 0.187 e. The molecule has 9 rings (SSSR count). The molecule has 4 aliphatic heterocycles. The van der Waals surface area contributed by atoms with Crippen LogP contribution in [0.1, 0.15) is 93.4 Å². The maximum Gasteiger partial charge on any atom is 0.187 e. The fourth-order valence-corrected chi connectivity index (χ4v) is 15.8. The average molecular weight is 913 g/mol. The van der Waals surface area contributed by atoms with E-state index in [1.54, 1.807) is 6.92 Å². The van der Waals surface area contributed by atoms with Crippen molar-refractivity contribution in [1.29, 1.82) is 0 Å². The molecule has 1 spiro atoms. The van der Waals surface area contributed by atoms with Gasteiger partial charge in [-0.1, -0.05) is 53.7 Å². The highest BCUT2D eigenvalue weighted by Crippen LogP contribution is 2.79. The van der Waals surface area contributed by atoms with Crippen molar-refractivity contribution in [1.82, 2.24) is 0 Å². The van der Waals surface area contributed by atoms with Crippen LogP contribution in [-0.4, -0.2) is 181 Å². The van der Waals surface area contributed by atoms with Gasteiger partial charge in [0.15, 0.2) is 18.9 Å². The SMILES string of the molecule is CC1C2C3(CC[C@H]1C)COC21C=CC2[C@@]4(C)CC[C@H](O[C@@H]5O[C@H](C)[C@H](O)[C@H](O)[C@H]5O[C@@H]5O[C@H](CO)[C@@H](O)[C@H](O)[C@H]5O[C@@H]5OC[C@@H](O)[C@H](O)[C@H]5O)[C@@](C)(CO)C4CC[C@@]2(C)[C@]1(C)C[C@H]3O. The van der Waals surface area contributed by atoms with E-state index in [-0.39, 0.29) is 46.0 Å². The molecule has 4 saturated heterocycles. The number of ether oxygens (including phenoxy) is 7. The summed E-state index contributed by atoms with van der Waals surface area (Å²) >= 11 is 0. The third-order valence-corrected chi connectivity index (χ3v) is 20.0. The van der Waals surface area contributed by atoms with Gasteiger partial charge in [0.2, 0.25) is 0 Å². The quantitative estimate of drug-likeness (QED) is 0.114. The molecular formula is C47H76O17. The Hall–Kier alpha value is -0.940. The molecule has 0 radical (unpaired) electrons. The second kappa shape index (κ2) is 16.6.